The molecule has 0 saturated carbocycles. The molecule has 0 fully saturated rings. The lowest BCUT2D eigenvalue weighted by atomic mass is 10.1. The number of aryl methyl sites for hydroxylation is 1. The van der Waals surface area contributed by atoms with E-state index in [9.17, 15) is 9.18 Å². The molecule has 3 aromatic rings. The number of hydrogen-bond donors (Lipinski definition) is 0. The first-order chi connectivity index (χ1) is 12.5. The fourth-order valence-corrected chi connectivity index (χ4v) is 4.54. The predicted octanol–water partition coefficient (Wildman–Crippen LogP) is 4.20. The summed E-state index contributed by atoms with van der Waals surface area (Å²) in [5.74, 6) is -0.200. The standard InChI is InChI=1S/C20H20FN3OS/c1-13-19(26-18(22-13)12-15-5-7-16(21)8-6-15)20(25)24-11-10-23-9-3-4-17(23)14(24)2/h3-9,14H,10-12H2,1-2H3. The molecule has 3 heterocycles. The summed E-state index contributed by atoms with van der Waals surface area (Å²) < 4.78 is 15.3. The van der Waals surface area contributed by atoms with E-state index in [1.165, 1.54) is 29.2 Å². The van der Waals surface area contributed by atoms with Crippen LogP contribution in [0.4, 0.5) is 4.39 Å². The largest absolute Gasteiger partial charge is 0.348 e. The van der Waals surface area contributed by atoms with Crippen molar-refractivity contribution in [2.75, 3.05) is 6.54 Å². The monoisotopic (exact) mass is 369 g/mol. The summed E-state index contributed by atoms with van der Waals surface area (Å²) in [4.78, 5) is 20.3. The summed E-state index contributed by atoms with van der Waals surface area (Å²) in [7, 11) is 0. The molecule has 0 N–H and O–H groups in total. The lowest BCUT2D eigenvalue weighted by molar-refractivity contribution is 0.0648. The average molecular weight is 369 g/mol. The predicted molar refractivity (Wildman–Crippen MR) is 99.9 cm³/mol. The SMILES string of the molecule is Cc1nc(Cc2ccc(F)cc2)sc1C(=O)N1CCn2cccc2C1C. The van der Waals surface area contributed by atoms with Gasteiger partial charge in [0.05, 0.1) is 16.7 Å². The average Bonchev–Trinajstić information content (AvgIpc) is 3.24. The van der Waals surface area contributed by atoms with E-state index in [4.69, 9.17) is 0 Å². The normalized spacial score (nSPS) is 16.6. The third kappa shape index (κ3) is 3.05. The Labute approximate surface area is 155 Å². The zero-order valence-electron chi connectivity index (χ0n) is 14.8. The molecule has 134 valence electrons. The number of hydrogen-bond acceptors (Lipinski definition) is 3. The van der Waals surface area contributed by atoms with Crippen LogP contribution in [0.25, 0.3) is 0 Å². The van der Waals surface area contributed by atoms with E-state index in [0.717, 1.165) is 22.8 Å². The molecule has 26 heavy (non-hydrogen) atoms. The van der Waals surface area contributed by atoms with Crippen LogP contribution in [0, 0.1) is 12.7 Å². The minimum absolute atomic E-state index is 0.0466. The van der Waals surface area contributed by atoms with Crippen LogP contribution in [0.15, 0.2) is 42.6 Å². The number of carbonyl (C=O) groups is 1. The maximum atomic E-state index is 13.1. The van der Waals surface area contributed by atoms with Gasteiger partial charge in [-0.05, 0) is 43.7 Å². The summed E-state index contributed by atoms with van der Waals surface area (Å²) in [6, 6.07) is 10.6. The Morgan fingerprint density at radius 1 is 1.27 bits per heavy atom. The van der Waals surface area contributed by atoms with Gasteiger partial charge in [0.15, 0.2) is 0 Å². The third-order valence-corrected chi connectivity index (χ3v) is 6.05. The third-order valence-electron chi connectivity index (χ3n) is 4.91. The van der Waals surface area contributed by atoms with Crippen molar-refractivity contribution in [3.8, 4) is 0 Å². The van der Waals surface area contributed by atoms with Gasteiger partial charge in [-0.2, -0.15) is 0 Å². The number of fused-ring (bicyclic) bond motifs is 1. The molecular formula is C20H20FN3OS. The second-order valence-corrected chi connectivity index (χ2v) is 7.71. The van der Waals surface area contributed by atoms with Crippen LogP contribution in [0.2, 0.25) is 0 Å². The highest BCUT2D eigenvalue weighted by Gasteiger charge is 2.30. The van der Waals surface area contributed by atoms with E-state index in [2.05, 4.69) is 28.7 Å². The minimum atomic E-state index is -0.247. The zero-order chi connectivity index (χ0) is 18.3. The first kappa shape index (κ1) is 17.0. The number of halogens is 1. The van der Waals surface area contributed by atoms with Crippen molar-refractivity contribution in [2.24, 2.45) is 0 Å². The Bertz CT molecular complexity index is 944. The molecule has 0 radical (unpaired) electrons. The fraction of sp³-hybridized carbons (Fsp3) is 0.300. The smallest absolute Gasteiger partial charge is 0.266 e. The van der Waals surface area contributed by atoms with Gasteiger partial charge in [0, 0.05) is 31.4 Å². The summed E-state index contributed by atoms with van der Waals surface area (Å²) in [5, 5.41) is 0.880. The van der Waals surface area contributed by atoms with Gasteiger partial charge >= 0.3 is 0 Å². The lowest BCUT2D eigenvalue weighted by Gasteiger charge is -2.34. The quantitative estimate of drug-likeness (QED) is 0.694. The highest BCUT2D eigenvalue weighted by atomic mass is 32.1. The number of thiazole rings is 1. The van der Waals surface area contributed by atoms with Crippen LogP contribution in [0.5, 0.6) is 0 Å². The van der Waals surface area contributed by atoms with Gasteiger partial charge in [0.25, 0.3) is 5.91 Å². The molecule has 1 aliphatic heterocycles. The number of aromatic nitrogens is 2. The number of rotatable bonds is 3. The second-order valence-electron chi connectivity index (χ2n) is 6.63. The topological polar surface area (TPSA) is 38.1 Å². The number of nitrogens with zero attached hydrogens (tertiary/aromatic N) is 3. The van der Waals surface area contributed by atoms with Crippen molar-refractivity contribution in [3.05, 3.63) is 75.2 Å². The van der Waals surface area contributed by atoms with E-state index in [-0.39, 0.29) is 17.8 Å². The van der Waals surface area contributed by atoms with Crippen LogP contribution in [0.3, 0.4) is 0 Å². The number of amides is 1. The molecule has 1 aromatic carbocycles. The van der Waals surface area contributed by atoms with Crippen LogP contribution in [0.1, 0.15) is 44.6 Å². The molecule has 0 aliphatic carbocycles. The Balaban J connectivity index is 1.55. The van der Waals surface area contributed by atoms with Crippen molar-refractivity contribution >= 4 is 17.2 Å². The number of carbonyl (C=O) groups excluding carboxylic acids is 1. The van der Waals surface area contributed by atoms with E-state index >= 15 is 0 Å². The van der Waals surface area contributed by atoms with Crippen molar-refractivity contribution in [3.63, 3.8) is 0 Å². The summed E-state index contributed by atoms with van der Waals surface area (Å²) in [6.45, 7) is 5.47. The van der Waals surface area contributed by atoms with Gasteiger partial charge in [0.2, 0.25) is 0 Å². The molecule has 1 unspecified atom stereocenters. The number of benzene rings is 1. The molecule has 6 heteroatoms. The van der Waals surface area contributed by atoms with Gasteiger partial charge in [-0.1, -0.05) is 12.1 Å². The maximum absolute atomic E-state index is 13.1. The van der Waals surface area contributed by atoms with Crippen LogP contribution in [-0.2, 0) is 13.0 Å². The molecule has 4 nitrogen and oxygen atoms in total. The minimum Gasteiger partial charge on any atom is -0.348 e. The Morgan fingerprint density at radius 3 is 2.81 bits per heavy atom. The maximum Gasteiger partial charge on any atom is 0.266 e. The van der Waals surface area contributed by atoms with Crippen LogP contribution >= 0.6 is 11.3 Å². The van der Waals surface area contributed by atoms with E-state index in [1.807, 2.05) is 17.9 Å². The lowest BCUT2D eigenvalue weighted by Crippen LogP contribution is -2.40. The molecule has 2 aromatic heterocycles. The van der Waals surface area contributed by atoms with Crippen molar-refractivity contribution in [1.82, 2.24) is 14.5 Å². The molecule has 1 amide bonds. The van der Waals surface area contributed by atoms with Gasteiger partial charge in [0.1, 0.15) is 10.7 Å². The Hall–Kier alpha value is -2.47. The molecule has 0 spiro atoms. The summed E-state index contributed by atoms with van der Waals surface area (Å²) in [6.07, 6.45) is 2.67. The van der Waals surface area contributed by atoms with E-state index < -0.39 is 0 Å². The molecule has 1 aliphatic rings. The molecule has 0 saturated heterocycles. The zero-order valence-corrected chi connectivity index (χ0v) is 15.6. The van der Waals surface area contributed by atoms with Crippen LogP contribution in [-0.4, -0.2) is 26.9 Å². The second kappa shape index (κ2) is 6.68. The molecule has 0 bridgehead atoms. The first-order valence-electron chi connectivity index (χ1n) is 8.69. The molecular weight excluding hydrogens is 349 g/mol. The van der Waals surface area contributed by atoms with E-state index in [1.54, 1.807) is 12.1 Å². The summed E-state index contributed by atoms with van der Waals surface area (Å²) >= 11 is 1.44. The van der Waals surface area contributed by atoms with Gasteiger partial charge < -0.3 is 9.47 Å². The molecule has 4 rings (SSSR count). The van der Waals surface area contributed by atoms with Crippen molar-refractivity contribution in [2.45, 2.75) is 32.9 Å². The first-order valence-corrected chi connectivity index (χ1v) is 9.51. The van der Waals surface area contributed by atoms with Gasteiger partial charge in [-0.3, -0.25) is 4.79 Å². The highest BCUT2D eigenvalue weighted by molar-refractivity contribution is 7.13. The van der Waals surface area contributed by atoms with Gasteiger partial charge in [-0.15, -0.1) is 11.3 Å². The highest BCUT2D eigenvalue weighted by Crippen LogP contribution is 2.30. The molecule has 1 atom stereocenters. The Morgan fingerprint density at radius 2 is 2.04 bits per heavy atom. The van der Waals surface area contributed by atoms with Crippen molar-refractivity contribution in [1.29, 1.82) is 0 Å². The Kier molecular flexibility index (Phi) is 4.36. The fourth-order valence-electron chi connectivity index (χ4n) is 3.49. The van der Waals surface area contributed by atoms with Gasteiger partial charge in [-0.25, -0.2) is 9.37 Å². The summed E-state index contributed by atoms with van der Waals surface area (Å²) in [5.41, 5.74) is 2.92. The van der Waals surface area contributed by atoms with E-state index in [0.29, 0.717) is 17.8 Å². The van der Waals surface area contributed by atoms with Crippen LogP contribution < -0.4 is 0 Å². The van der Waals surface area contributed by atoms with Crippen molar-refractivity contribution < 1.29 is 9.18 Å².